The summed E-state index contributed by atoms with van der Waals surface area (Å²) in [4.78, 5) is 25.5. The highest BCUT2D eigenvalue weighted by Crippen LogP contribution is 2.33. The summed E-state index contributed by atoms with van der Waals surface area (Å²) in [5.41, 5.74) is 0.237. The number of ketones is 1. The second-order valence-electron chi connectivity index (χ2n) is 4.57. The summed E-state index contributed by atoms with van der Waals surface area (Å²) in [6.45, 7) is 2.19. The van der Waals surface area contributed by atoms with Crippen molar-refractivity contribution in [1.82, 2.24) is 0 Å². The third-order valence-electron chi connectivity index (χ3n) is 3.38. The van der Waals surface area contributed by atoms with Gasteiger partial charge in [-0.2, -0.15) is 0 Å². The Kier molecular flexibility index (Phi) is 4.34. The molecule has 0 radical (unpaired) electrons. The quantitative estimate of drug-likeness (QED) is 0.799. The first-order valence-electron chi connectivity index (χ1n) is 6.34. The number of benzene rings is 1. The summed E-state index contributed by atoms with van der Waals surface area (Å²) >= 11 is 3.27. The van der Waals surface area contributed by atoms with Crippen LogP contribution in [0, 0.1) is 11.7 Å². The molecule has 0 N–H and O–H groups in total. The zero-order chi connectivity index (χ0) is 14.0. The topological polar surface area (TPSA) is 37.4 Å². The van der Waals surface area contributed by atoms with E-state index in [2.05, 4.69) is 15.9 Å². The number of amides is 1. The van der Waals surface area contributed by atoms with Crippen molar-refractivity contribution in [3.63, 3.8) is 0 Å². The Balaban J connectivity index is 2.35. The van der Waals surface area contributed by atoms with Crippen LogP contribution in [0.3, 0.4) is 0 Å². The van der Waals surface area contributed by atoms with Gasteiger partial charge in [0.25, 0.3) is 0 Å². The molecule has 1 aromatic carbocycles. The van der Waals surface area contributed by atoms with E-state index in [0.29, 0.717) is 30.3 Å². The third kappa shape index (κ3) is 2.71. The lowest BCUT2D eigenvalue weighted by atomic mass is 9.91. The first-order valence-corrected chi connectivity index (χ1v) is 7.13. The Morgan fingerprint density at radius 3 is 2.89 bits per heavy atom. The molecule has 19 heavy (non-hydrogen) atoms. The Labute approximate surface area is 119 Å². The molecule has 0 spiro atoms. The molecule has 3 nitrogen and oxygen atoms in total. The van der Waals surface area contributed by atoms with Crippen molar-refractivity contribution in [2.45, 2.75) is 26.2 Å². The van der Waals surface area contributed by atoms with Gasteiger partial charge >= 0.3 is 0 Å². The molecule has 1 amide bonds. The van der Waals surface area contributed by atoms with Gasteiger partial charge in [0.05, 0.1) is 11.6 Å². The van der Waals surface area contributed by atoms with E-state index in [1.54, 1.807) is 19.1 Å². The predicted molar refractivity (Wildman–Crippen MR) is 74.5 cm³/mol. The Hall–Kier alpha value is -1.23. The summed E-state index contributed by atoms with van der Waals surface area (Å²) in [5, 5.41) is 0. The SMILES string of the molecule is CCC(=O)[C@@H]1CCCN(c2c(F)cccc2Br)C1=O. The van der Waals surface area contributed by atoms with Gasteiger partial charge in [-0.15, -0.1) is 0 Å². The van der Waals surface area contributed by atoms with Crippen LogP contribution < -0.4 is 4.90 Å². The largest absolute Gasteiger partial charge is 0.308 e. The van der Waals surface area contributed by atoms with Crippen molar-refractivity contribution < 1.29 is 14.0 Å². The first kappa shape index (κ1) is 14.2. The number of carbonyl (C=O) groups is 2. The molecule has 0 saturated carbocycles. The maximum absolute atomic E-state index is 13.9. The number of Topliss-reactive ketones (excluding diaryl/α,β-unsaturated/α-hetero) is 1. The van der Waals surface area contributed by atoms with Crippen LogP contribution in [0.15, 0.2) is 22.7 Å². The van der Waals surface area contributed by atoms with Crippen molar-refractivity contribution in [3.8, 4) is 0 Å². The molecule has 1 aliphatic heterocycles. The highest BCUT2D eigenvalue weighted by molar-refractivity contribution is 9.10. The molecule has 0 aromatic heterocycles. The smallest absolute Gasteiger partial charge is 0.237 e. The molecule has 1 saturated heterocycles. The summed E-state index contributed by atoms with van der Waals surface area (Å²) in [7, 11) is 0. The van der Waals surface area contributed by atoms with Gasteiger partial charge in [0, 0.05) is 17.4 Å². The van der Waals surface area contributed by atoms with Gasteiger partial charge in [-0.3, -0.25) is 9.59 Å². The standard InChI is InChI=1S/C14H15BrFNO2/c1-2-12(18)9-5-4-8-17(14(9)19)13-10(15)6-3-7-11(13)16/h3,6-7,9H,2,4-5,8H2,1H3/t9-/m0/s1. The molecule has 1 aliphatic rings. The molecular formula is C14H15BrFNO2. The molecule has 1 fully saturated rings. The monoisotopic (exact) mass is 327 g/mol. The normalized spacial score (nSPS) is 19.6. The Morgan fingerprint density at radius 2 is 2.26 bits per heavy atom. The zero-order valence-electron chi connectivity index (χ0n) is 10.7. The highest BCUT2D eigenvalue weighted by atomic mass is 79.9. The van der Waals surface area contributed by atoms with Gasteiger partial charge in [-0.25, -0.2) is 4.39 Å². The van der Waals surface area contributed by atoms with E-state index in [-0.39, 0.29) is 17.4 Å². The summed E-state index contributed by atoms with van der Waals surface area (Å²) in [6, 6.07) is 4.58. The van der Waals surface area contributed by atoms with Gasteiger partial charge in [0.15, 0.2) is 0 Å². The van der Waals surface area contributed by atoms with E-state index in [4.69, 9.17) is 0 Å². The van der Waals surface area contributed by atoms with Crippen molar-refractivity contribution in [2.75, 3.05) is 11.4 Å². The molecule has 5 heteroatoms. The molecule has 0 bridgehead atoms. The second kappa shape index (κ2) is 5.82. The Morgan fingerprint density at radius 1 is 1.53 bits per heavy atom. The number of halogens is 2. The van der Waals surface area contributed by atoms with E-state index in [1.165, 1.54) is 11.0 Å². The van der Waals surface area contributed by atoms with Gasteiger partial charge in [0.1, 0.15) is 11.6 Å². The lowest BCUT2D eigenvalue weighted by Gasteiger charge is -2.32. The van der Waals surface area contributed by atoms with Crippen LogP contribution in [0.2, 0.25) is 0 Å². The van der Waals surface area contributed by atoms with Crippen molar-refractivity contribution >= 4 is 33.3 Å². The van der Waals surface area contributed by atoms with Crippen LogP contribution in [0.5, 0.6) is 0 Å². The number of piperidine rings is 1. The second-order valence-corrected chi connectivity index (χ2v) is 5.43. The van der Waals surface area contributed by atoms with Crippen LogP contribution in [0.4, 0.5) is 10.1 Å². The van der Waals surface area contributed by atoms with Crippen LogP contribution in [0.25, 0.3) is 0 Å². The number of nitrogens with zero attached hydrogens (tertiary/aromatic N) is 1. The van der Waals surface area contributed by atoms with Crippen molar-refractivity contribution in [3.05, 3.63) is 28.5 Å². The fourth-order valence-corrected chi connectivity index (χ4v) is 2.95. The molecule has 0 aliphatic carbocycles. The van der Waals surface area contributed by atoms with Crippen molar-refractivity contribution in [2.24, 2.45) is 5.92 Å². The van der Waals surface area contributed by atoms with Gasteiger partial charge in [0.2, 0.25) is 5.91 Å². The number of hydrogen-bond donors (Lipinski definition) is 0. The van der Waals surface area contributed by atoms with E-state index in [9.17, 15) is 14.0 Å². The number of rotatable bonds is 3. The fourth-order valence-electron chi connectivity index (χ4n) is 2.39. The minimum absolute atomic E-state index is 0.0674. The lowest BCUT2D eigenvalue weighted by molar-refractivity contribution is -0.133. The average molecular weight is 328 g/mol. The molecule has 1 heterocycles. The molecule has 1 atom stereocenters. The van der Waals surface area contributed by atoms with E-state index in [0.717, 1.165) is 0 Å². The molecular weight excluding hydrogens is 313 g/mol. The highest BCUT2D eigenvalue weighted by Gasteiger charge is 2.35. The van der Waals surface area contributed by atoms with Crippen LogP contribution >= 0.6 is 15.9 Å². The predicted octanol–water partition coefficient (Wildman–Crippen LogP) is 3.31. The molecule has 2 rings (SSSR count). The summed E-state index contributed by atoms with van der Waals surface area (Å²) < 4.78 is 14.4. The van der Waals surface area contributed by atoms with Crippen LogP contribution in [-0.2, 0) is 9.59 Å². The van der Waals surface area contributed by atoms with Crippen LogP contribution in [0.1, 0.15) is 26.2 Å². The van der Waals surface area contributed by atoms with Gasteiger partial charge in [-0.1, -0.05) is 13.0 Å². The average Bonchev–Trinajstić information content (AvgIpc) is 2.39. The van der Waals surface area contributed by atoms with E-state index < -0.39 is 11.7 Å². The van der Waals surface area contributed by atoms with Gasteiger partial charge < -0.3 is 4.90 Å². The fraction of sp³-hybridized carbons (Fsp3) is 0.429. The van der Waals surface area contributed by atoms with Crippen LogP contribution in [-0.4, -0.2) is 18.2 Å². The van der Waals surface area contributed by atoms with Crippen molar-refractivity contribution in [1.29, 1.82) is 0 Å². The minimum Gasteiger partial charge on any atom is -0.308 e. The number of para-hydroxylation sites is 1. The third-order valence-corrected chi connectivity index (χ3v) is 4.02. The molecule has 102 valence electrons. The number of carbonyl (C=O) groups excluding carboxylic acids is 2. The molecule has 1 aromatic rings. The molecule has 0 unspecified atom stereocenters. The van der Waals surface area contributed by atoms with E-state index in [1.807, 2.05) is 0 Å². The first-order chi connectivity index (χ1) is 9.06. The zero-order valence-corrected chi connectivity index (χ0v) is 12.2. The number of hydrogen-bond acceptors (Lipinski definition) is 2. The Bertz CT molecular complexity index is 498. The lowest BCUT2D eigenvalue weighted by Crippen LogP contribution is -2.44. The maximum Gasteiger partial charge on any atom is 0.237 e. The van der Waals surface area contributed by atoms with E-state index >= 15 is 0 Å². The summed E-state index contributed by atoms with van der Waals surface area (Å²) in [5.74, 6) is -1.43. The minimum atomic E-state index is -0.620. The summed E-state index contributed by atoms with van der Waals surface area (Å²) in [6.07, 6.45) is 1.61. The van der Waals surface area contributed by atoms with Gasteiger partial charge in [-0.05, 0) is 40.9 Å². The number of anilines is 1. The maximum atomic E-state index is 13.9.